The van der Waals surface area contributed by atoms with Crippen molar-refractivity contribution in [3.63, 3.8) is 0 Å². The van der Waals surface area contributed by atoms with Crippen LogP contribution in [0.3, 0.4) is 0 Å². The van der Waals surface area contributed by atoms with Gasteiger partial charge in [0.15, 0.2) is 0 Å². The molecule has 1 aromatic heterocycles. The number of amides is 1. The Balaban J connectivity index is 2.97. The second kappa shape index (κ2) is 6.23. The summed E-state index contributed by atoms with van der Waals surface area (Å²) in [6, 6.07) is 1.31. The molecule has 0 saturated carbocycles. The molecule has 0 fully saturated rings. The highest BCUT2D eigenvalue weighted by Gasteiger charge is 2.34. The summed E-state index contributed by atoms with van der Waals surface area (Å²) in [5.41, 5.74) is 0.0292. The fourth-order valence-corrected chi connectivity index (χ4v) is 1.80. The van der Waals surface area contributed by atoms with Crippen LogP contribution in [0.1, 0.15) is 24.2 Å². The second-order valence-corrected chi connectivity index (χ2v) is 4.96. The van der Waals surface area contributed by atoms with Gasteiger partial charge in [0.2, 0.25) is 0 Å². The van der Waals surface area contributed by atoms with Crippen molar-refractivity contribution < 1.29 is 18.0 Å². The molecule has 0 aliphatic heterocycles. The molecular weight excluding hydrogens is 281 g/mol. The van der Waals surface area contributed by atoms with Gasteiger partial charge in [-0.3, -0.25) is 9.78 Å². The van der Waals surface area contributed by atoms with Gasteiger partial charge in [0.05, 0.1) is 10.6 Å². The van der Waals surface area contributed by atoms with Crippen molar-refractivity contribution >= 4 is 17.5 Å². The predicted molar refractivity (Wildman–Crippen MR) is 66.0 cm³/mol. The van der Waals surface area contributed by atoms with E-state index >= 15 is 0 Å². The van der Waals surface area contributed by atoms with E-state index in [0.717, 1.165) is 4.90 Å². The van der Waals surface area contributed by atoms with Crippen LogP contribution in [-0.4, -0.2) is 35.1 Å². The van der Waals surface area contributed by atoms with E-state index in [0.29, 0.717) is 0 Å². The number of rotatable bonds is 4. The molecule has 106 valence electrons. The molecule has 0 radical (unpaired) electrons. The van der Waals surface area contributed by atoms with E-state index in [1.807, 2.05) is 0 Å². The molecule has 0 saturated heterocycles. The van der Waals surface area contributed by atoms with Gasteiger partial charge in [-0.1, -0.05) is 25.4 Å². The minimum absolute atomic E-state index is 0.0109. The third kappa shape index (κ3) is 5.06. The lowest BCUT2D eigenvalue weighted by Crippen LogP contribution is -2.41. The monoisotopic (exact) mass is 294 g/mol. The highest BCUT2D eigenvalue weighted by molar-refractivity contribution is 6.33. The van der Waals surface area contributed by atoms with Gasteiger partial charge in [0, 0.05) is 18.9 Å². The molecule has 0 unspecified atom stereocenters. The molecule has 1 heterocycles. The molecule has 19 heavy (non-hydrogen) atoms. The minimum atomic E-state index is -4.44. The number of nitrogens with zero attached hydrogens (tertiary/aromatic N) is 2. The molecular formula is C12H14ClF3N2O. The maximum atomic E-state index is 12.5. The van der Waals surface area contributed by atoms with Crippen LogP contribution in [0, 0.1) is 5.92 Å². The van der Waals surface area contributed by atoms with Crippen molar-refractivity contribution in [1.82, 2.24) is 9.88 Å². The van der Waals surface area contributed by atoms with Gasteiger partial charge in [0.1, 0.15) is 6.54 Å². The molecule has 0 aliphatic carbocycles. The molecule has 7 heteroatoms. The summed E-state index contributed by atoms with van der Waals surface area (Å²) >= 11 is 5.78. The summed E-state index contributed by atoms with van der Waals surface area (Å²) in [6.07, 6.45) is -1.89. The Kier molecular flexibility index (Phi) is 5.17. The van der Waals surface area contributed by atoms with Crippen LogP contribution >= 0.6 is 11.6 Å². The van der Waals surface area contributed by atoms with Crippen molar-refractivity contribution in [2.45, 2.75) is 20.0 Å². The first-order chi connectivity index (χ1) is 8.70. The molecule has 0 bridgehead atoms. The first-order valence-corrected chi connectivity index (χ1v) is 6.04. The van der Waals surface area contributed by atoms with Crippen LogP contribution in [0.25, 0.3) is 0 Å². The van der Waals surface area contributed by atoms with Gasteiger partial charge in [-0.15, -0.1) is 0 Å². The van der Waals surface area contributed by atoms with E-state index < -0.39 is 18.6 Å². The summed E-state index contributed by atoms with van der Waals surface area (Å²) in [4.78, 5) is 16.5. The van der Waals surface area contributed by atoms with E-state index in [1.165, 1.54) is 18.5 Å². The lowest BCUT2D eigenvalue weighted by molar-refractivity contribution is -0.141. The lowest BCUT2D eigenvalue weighted by Gasteiger charge is -2.26. The minimum Gasteiger partial charge on any atom is -0.329 e. The Hall–Kier alpha value is -1.30. The average Bonchev–Trinajstić information content (AvgIpc) is 2.25. The molecule has 3 nitrogen and oxygen atoms in total. The lowest BCUT2D eigenvalue weighted by atomic mass is 10.1. The zero-order valence-electron chi connectivity index (χ0n) is 10.5. The first-order valence-electron chi connectivity index (χ1n) is 5.66. The smallest absolute Gasteiger partial charge is 0.329 e. The highest BCUT2D eigenvalue weighted by Crippen LogP contribution is 2.21. The average molecular weight is 295 g/mol. The van der Waals surface area contributed by atoms with Gasteiger partial charge in [-0.05, 0) is 12.0 Å². The first kappa shape index (κ1) is 15.8. The SMILES string of the molecule is CC(C)CN(CC(F)(F)F)C(=O)c1ccncc1Cl. The van der Waals surface area contributed by atoms with Crippen molar-refractivity contribution in [3.05, 3.63) is 29.0 Å². The summed E-state index contributed by atoms with van der Waals surface area (Å²) < 4.78 is 37.5. The largest absolute Gasteiger partial charge is 0.406 e. The number of halogens is 4. The molecule has 0 spiro atoms. The van der Waals surface area contributed by atoms with Gasteiger partial charge in [-0.25, -0.2) is 0 Å². The number of carbonyl (C=O) groups excluding carboxylic acids is 1. The molecule has 0 aromatic carbocycles. The van der Waals surface area contributed by atoms with Crippen LogP contribution in [0.5, 0.6) is 0 Å². The number of pyridine rings is 1. The zero-order valence-corrected chi connectivity index (χ0v) is 11.3. The highest BCUT2D eigenvalue weighted by atomic mass is 35.5. The van der Waals surface area contributed by atoms with Crippen LogP contribution in [0.4, 0.5) is 13.2 Å². The van der Waals surface area contributed by atoms with Crippen molar-refractivity contribution in [1.29, 1.82) is 0 Å². The number of alkyl halides is 3. The van der Waals surface area contributed by atoms with E-state index in [1.54, 1.807) is 13.8 Å². The normalized spacial score (nSPS) is 11.7. The quantitative estimate of drug-likeness (QED) is 0.853. The fraction of sp³-hybridized carbons (Fsp3) is 0.500. The molecule has 1 aromatic rings. The Bertz CT molecular complexity index is 449. The maximum absolute atomic E-state index is 12.5. The van der Waals surface area contributed by atoms with Crippen LogP contribution in [-0.2, 0) is 0 Å². The van der Waals surface area contributed by atoms with E-state index in [9.17, 15) is 18.0 Å². The second-order valence-electron chi connectivity index (χ2n) is 4.55. The van der Waals surface area contributed by atoms with Gasteiger partial charge >= 0.3 is 6.18 Å². The summed E-state index contributed by atoms with van der Waals surface area (Å²) in [5, 5.41) is 0.0448. The summed E-state index contributed by atoms with van der Waals surface area (Å²) in [6.45, 7) is 2.20. The zero-order chi connectivity index (χ0) is 14.6. The Labute approximate surface area is 114 Å². The standard InChI is InChI=1S/C12H14ClF3N2O/c1-8(2)6-18(7-12(14,15)16)11(19)9-3-4-17-5-10(9)13/h3-5,8H,6-7H2,1-2H3. The topological polar surface area (TPSA) is 33.2 Å². The molecule has 0 aliphatic rings. The van der Waals surface area contributed by atoms with Gasteiger partial charge < -0.3 is 4.90 Å². The van der Waals surface area contributed by atoms with Crippen LogP contribution < -0.4 is 0 Å². The number of aromatic nitrogens is 1. The van der Waals surface area contributed by atoms with Crippen molar-refractivity contribution in [2.75, 3.05) is 13.1 Å². The Morgan fingerprint density at radius 3 is 2.58 bits per heavy atom. The van der Waals surface area contributed by atoms with E-state index in [4.69, 9.17) is 11.6 Å². The molecule has 0 N–H and O–H groups in total. The van der Waals surface area contributed by atoms with Crippen LogP contribution in [0.2, 0.25) is 5.02 Å². The van der Waals surface area contributed by atoms with Gasteiger partial charge in [-0.2, -0.15) is 13.2 Å². The summed E-state index contributed by atoms with van der Waals surface area (Å²) in [7, 11) is 0. The summed E-state index contributed by atoms with van der Waals surface area (Å²) in [5.74, 6) is -0.815. The number of carbonyl (C=O) groups is 1. The van der Waals surface area contributed by atoms with E-state index in [-0.39, 0.29) is 23.0 Å². The molecule has 1 amide bonds. The Morgan fingerprint density at radius 2 is 2.11 bits per heavy atom. The van der Waals surface area contributed by atoms with Crippen LogP contribution in [0.15, 0.2) is 18.5 Å². The predicted octanol–water partition coefficient (Wildman–Crippen LogP) is 3.40. The Morgan fingerprint density at radius 1 is 1.47 bits per heavy atom. The van der Waals surface area contributed by atoms with Crippen molar-refractivity contribution in [2.24, 2.45) is 5.92 Å². The number of hydrogen-bond acceptors (Lipinski definition) is 2. The molecule has 1 rings (SSSR count). The maximum Gasteiger partial charge on any atom is 0.406 e. The van der Waals surface area contributed by atoms with Crippen molar-refractivity contribution in [3.8, 4) is 0 Å². The van der Waals surface area contributed by atoms with Gasteiger partial charge in [0.25, 0.3) is 5.91 Å². The van der Waals surface area contributed by atoms with E-state index in [2.05, 4.69) is 4.98 Å². The third-order valence-electron chi connectivity index (χ3n) is 2.25. The third-order valence-corrected chi connectivity index (χ3v) is 2.55. The fourth-order valence-electron chi connectivity index (χ4n) is 1.60. The number of hydrogen-bond donors (Lipinski definition) is 0. The molecule has 0 atom stereocenters.